The van der Waals surface area contributed by atoms with Gasteiger partial charge in [0.25, 0.3) is 0 Å². The Morgan fingerprint density at radius 3 is 2.58 bits per heavy atom. The molecular formula is C18H26ClN3O2. The fraction of sp³-hybridized carbons (Fsp3) is 0.556. The van der Waals surface area contributed by atoms with Crippen molar-refractivity contribution in [2.24, 2.45) is 4.99 Å². The van der Waals surface area contributed by atoms with Gasteiger partial charge in [-0.2, -0.15) is 0 Å². The van der Waals surface area contributed by atoms with Crippen LogP contribution in [-0.2, 0) is 14.9 Å². The molecule has 0 bridgehead atoms. The normalized spacial score (nSPS) is 16.5. The summed E-state index contributed by atoms with van der Waals surface area (Å²) in [7, 11) is 1.68. The van der Waals surface area contributed by atoms with Crippen LogP contribution in [0.4, 0.5) is 0 Å². The summed E-state index contributed by atoms with van der Waals surface area (Å²) < 4.78 is 5.27. The van der Waals surface area contributed by atoms with Crippen molar-refractivity contribution in [3.05, 3.63) is 34.9 Å². The van der Waals surface area contributed by atoms with Crippen LogP contribution in [0.5, 0.6) is 0 Å². The molecule has 1 aromatic rings. The Bertz CT molecular complexity index is 619. The molecule has 0 radical (unpaired) electrons. The number of carbonyl (C=O) groups is 1. The minimum Gasteiger partial charge on any atom is -0.459 e. The number of esters is 1. The van der Waals surface area contributed by atoms with E-state index in [4.69, 9.17) is 16.3 Å². The Hall–Kier alpha value is -1.75. The molecule has 1 aromatic carbocycles. The number of carbonyl (C=O) groups excluding carboxylic acids is 1. The highest BCUT2D eigenvalue weighted by molar-refractivity contribution is 6.30. The van der Waals surface area contributed by atoms with E-state index in [1.165, 1.54) is 5.56 Å². The largest absolute Gasteiger partial charge is 0.459 e. The van der Waals surface area contributed by atoms with Crippen LogP contribution in [0, 0.1) is 0 Å². The zero-order valence-electron chi connectivity index (χ0n) is 14.8. The van der Waals surface area contributed by atoms with Crippen LogP contribution in [-0.4, -0.2) is 37.7 Å². The number of halogens is 1. The SMILES string of the molecule is CN=C(NCC(=O)OC(C)(C)C)NCC1(c2cccc(Cl)c2)CC1. The Morgan fingerprint density at radius 1 is 1.33 bits per heavy atom. The molecule has 6 heteroatoms. The van der Waals surface area contributed by atoms with Crippen LogP contribution in [0.25, 0.3) is 0 Å². The second-order valence-electron chi connectivity index (χ2n) is 7.16. The zero-order valence-corrected chi connectivity index (χ0v) is 15.5. The lowest BCUT2D eigenvalue weighted by Crippen LogP contribution is -2.44. The van der Waals surface area contributed by atoms with Crippen molar-refractivity contribution in [1.29, 1.82) is 0 Å². The first-order chi connectivity index (χ1) is 11.2. The van der Waals surface area contributed by atoms with Gasteiger partial charge in [-0.05, 0) is 51.3 Å². The highest BCUT2D eigenvalue weighted by atomic mass is 35.5. The van der Waals surface area contributed by atoms with Crippen molar-refractivity contribution in [3.63, 3.8) is 0 Å². The van der Waals surface area contributed by atoms with E-state index in [1.54, 1.807) is 7.05 Å². The van der Waals surface area contributed by atoms with Crippen molar-refractivity contribution in [1.82, 2.24) is 10.6 Å². The average molecular weight is 352 g/mol. The van der Waals surface area contributed by atoms with Gasteiger partial charge >= 0.3 is 5.97 Å². The maximum absolute atomic E-state index is 11.8. The van der Waals surface area contributed by atoms with Crippen LogP contribution in [0.3, 0.4) is 0 Å². The predicted octanol–water partition coefficient (Wildman–Crippen LogP) is 2.88. The van der Waals surface area contributed by atoms with E-state index in [-0.39, 0.29) is 17.9 Å². The Morgan fingerprint density at radius 2 is 2.04 bits per heavy atom. The Kier molecular flexibility index (Phi) is 5.75. The molecule has 2 N–H and O–H groups in total. The predicted molar refractivity (Wildman–Crippen MR) is 97.6 cm³/mol. The van der Waals surface area contributed by atoms with E-state index >= 15 is 0 Å². The molecule has 0 aromatic heterocycles. The van der Waals surface area contributed by atoms with Crippen LogP contribution in [0.1, 0.15) is 39.2 Å². The molecule has 1 fully saturated rings. The molecule has 0 amide bonds. The van der Waals surface area contributed by atoms with Gasteiger partial charge in [-0.25, -0.2) is 0 Å². The van der Waals surface area contributed by atoms with Gasteiger partial charge in [0.1, 0.15) is 12.1 Å². The van der Waals surface area contributed by atoms with Crippen LogP contribution < -0.4 is 10.6 Å². The van der Waals surface area contributed by atoms with Crippen molar-refractivity contribution >= 4 is 23.5 Å². The number of guanidine groups is 1. The number of hydrogen-bond acceptors (Lipinski definition) is 3. The first-order valence-corrected chi connectivity index (χ1v) is 8.54. The molecule has 132 valence electrons. The van der Waals surface area contributed by atoms with Crippen LogP contribution in [0.2, 0.25) is 5.02 Å². The highest BCUT2D eigenvalue weighted by Gasteiger charge is 2.44. The maximum atomic E-state index is 11.8. The number of aliphatic imine (C=N–C) groups is 1. The molecule has 5 nitrogen and oxygen atoms in total. The van der Waals surface area contributed by atoms with Crippen molar-refractivity contribution in [2.45, 2.75) is 44.6 Å². The molecule has 1 saturated carbocycles. The van der Waals surface area contributed by atoms with Crippen molar-refractivity contribution in [3.8, 4) is 0 Å². The van der Waals surface area contributed by atoms with E-state index < -0.39 is 5.60 Å². The fourth-order valence-corrected chi connectivity index (χ4v) is 2.73. The van der Waals surface area contributed by atoms with Gasteiger partial charge in [0.15, 0.2) is 5.96 Å². The molecule has 0 spiro atoms. The van der Waals surface area contributed by atoms with Gasteiger partial charge in [0.2, 0.25) is 0 Å². The summed E-state index contributed by atoms with van der Waals surface area (Å²) in [6.07, 6.45) is 2.23. The van der Waals surface area contributed by atoms with Gasteiger partial charge in [0.05, 0.1) is 0 Å². The third kappa shape index (κ3) is 5.41. The lowest BCUT2D eigenvalue weighted by Gasteiger charge is -2.21. The number of ether oxygens (including phenoxy) is 1. The van der Waals surface area contributed by atoms with E-state index in [2.05, 4.69) is 21.7 Å². The van der Waals surface area contributed by atoms with E-state index in [0.29, 0.717) is 5.96 Å². The summed E-state index contributed by atoms with van der Waals surface area (Å²) in [6.45, 7) is 6.38. The Labute approximate surface area is 148 Å². The fourth-order valence-electron chi connectivity index (χ4n) is 2.54. The minimum absolute atomic E-state index is 0.0844. The average Bonchev–Trinajstić information content (AvgIpc) is 3.27. The summed E-state index contributed by atoms with van der Waals surface area (Å²) in [6, 6.07) is 7.99. The van der Waals surface area contributed by atoms with Crippen LogP contribution in [0.15, 0.2) is 29.3 Å². The van der Waals surface area contributed by atoms with Crippen molar-refractivity contribution in [2.75, 3.05) is 20.1 Å². The molecule has 0 aliphatic heterocycles. The first-order valence-electron chi connectivity index (χ1n) is 8.16. The summed E-state index contributed by atoms with van der Waals surface area (Å²) in [5.74, 6) is 0.288. The van der Waals surface area contributed by atoms with Gasteiger partial charge in [-0.1, -0.05) is 23.7 Å². The molecule has 24 heavy (non-hydrogen) atoms. The molecular weight excluding hydrogens is 326 g/mol. The summed E-state index contributed by atoms with van der Waals surface area (Å²) >= 11 is 6.10. The van der Waals surface area contributed by atoms with Gasteiger partial charge in [0, 0.05) is 24.0 Å². The summed E-state index contributed by atoms with van der Waals surface area (Å²) in [5, 5.41) is 7.05. The Balaban J connectivity index is 1.85. The number of benzene rings is 1. The maximum Gasteiger partial charge on any atom is 0.325 e. The first kappa shape index (κ1) is 18.6. The second-order valence-corrected chi connectivity index (χ2v) is 7.59. The quantitative estimate of drug-likeness (QED) is 0.486. The molecule has 0 atom stereocenters. The molecule has 2 rings (SSSR count). The number of nitrogens with zero attached hydrogens (tertiary/aromatic N) is 1. The standard InChI is InChI=1S/C18H26ClN3O2/c1-17(2,3)24-15(23)11-21-16(20-4)22-12-18(8-9-18)13-6-5-7-14(19)10-13/h5-7,10H,8-9,11-12H2,1-4H3,(H2,20,21,22). The van der Waals surface area contributed by atoms with Gasteiger partial charge in [-0.3, -0.25) is 9.79 Å². The third-order valence-corrected chi connectivity index (χ3v) is 4.16. The molecule has 0 saturated heterocycles. The number of nitrogens with one attached hydrogen (secondary N) is 2. The van der Waals surface area contributed by atoms with Crippen LogP contribution >= 0.6 is 11.6 Å². The van der Waals surface area contributed by atoms with Gasteiger partial charge in [-0.15, -0.1) is 0 Å². The van der Waals surface area contributed by atoms with Crippen molar-refractivity contribution < 1.29 is 9.53 Å². The summed E-state index contributed by atoms with van der Waals surface area (Å²) in [5.41, 5.74) is 0.861. The van der Waals surface area contributed by atoms with E-state index in [0.717, 1.165) is 24.4 Å². The number of rotatable bonds is 5. The molecule has 0 heterocycles. The van der Waals surface area contributed by atoms with Gasteiger partial charge < -0.3 is 15.4 Å². The lowest BCUT2D eigenvalue weighted by molar-refractivity contribution is -0.153. The second kappa shape index (κ2) is 7.43. The topological polar surface area (TPSA) is 62.7 Å². The van der Waals surface area contributed by atoms with E-state index in [9.17, 15) is 4.79 Å². The zero-order chi connectivity index (χ0) is 17.8. The molecule has 0 unspecified atom stereocenters. The lowest BCUT2D eigenvalue weighted by atomic mass is 9.96. The highest BCUT2D eigenvalue weighted by Crippen LogP contribution is 2.48. The number of hydrogen-bond donors (Lipinski definition) is 2. The summed E-state index contributed by atoms with van der Waals surface area (Å²) in [4.78, 5) is 15.9. The monoisotopic (exact) mass is 351 g/mol. The minimum atomic E-state index is -0.486. The molecule has 1 aliphatic rings. The third-order valence-electron chi connectivity index (χ3n) is 3.93. The van der Waals surface area contributed by atoms with E-state index in [1.807, 2.05) is 39.0 Å². The smallest absolute Gasteiger partial charge is 0.325 e. The molecule has 1 aliphatic carbocycles.